The van der Waals surface area contributed by atoms with Gasteiger partial charge in [0, 0.05) is 6.54 Å². The van der Waals surface area contributed by atoms with Crippen LogP contribution in [-0.2, 0) is 14.4 Å². The van der Waals surface area contributed by atoms with Crippen LogP contribution in [-0.4, -0.2) is 37.2 Å². The van der Waals surface area contributed by atoms with Crippen molar-refractivity contribution in [1.82, 2.24) is 15.7 Å². The van der Waals surface area contributed by atoms with Gasteiger partial charge in [0.05, 0.1) is 12.1 Å². The summed E-state index contributed by atoms with van der Waals surface area (Å²) < 4.78 is 0. The van der Waals surface area contributed by atoms with Gasteiger partial charge in [0.25, 0.3) is 0 Å². The van der Waals surface area contributed by atoms with E-state index in [-0.39, 0.29) is 17.9 Å². The number of rotatable bonds is 10. The van der Waals surface area contributed by atoms with E-state index < -0.39 is 6.04 Å². The van der Waals surface area contributed by atoms with Crippen LogP contribution in [0.15, 0.2) is 0 Å². The van der Waals surface area contributed by atoms with Crippen LogP contribution in [0.3, 0.4) is 0 Å². The van der Waals surface area contributed by atoms with Gasteiger partial charge in [-0.1, -0.05) is 23.2 Å². The summed E-state index contributed by atoms with van der Waals surface area (Å²) in [5.41, 5.74) is 0. The van der Waals surface area contributed by atoms with E-state index in [0.29, 0.717) is 25.8 Å². The third-order valence-electron chi connectivity index (χ3n) is 2.54. The molecule has 0 heterocycles. The van der Waals surface area contributed by atoms with Gasteiger partial charge in [0.1, 0.15) is 6.29 Å². The molecule has 3 atom stereocenters. The average molecular weight is 275 g/mol. The van der Waals surface area contributed by atoms with E-state index in [1.54, 1.807) is 0 Å². The van der Waals surface area contributed by atoms with Crippen molar-refractivity contribution in [1.29, 1.82) is 0 Å². The molecule has 0 aliphatic rings. The van der Waals surface area contributed by atoms with E-state index in [1.807, 2.05) is 13.8 Å². The maximum absolute atomic E-state index is 11.9. The Balaban J connectivity index is 4.14. The molecular formula is C11H22N3O3P. The van der Waals surface area contributed by atoms with E-state index in [4.69, 9.17) is 0 Å². The molecule has 0 aromatic rings. The zero-order valence-electron chi connectivity index (χ0n) is 10.8. The molecule has 18 heavy (non-hydrogen) atoms. The van der Waals surface area contributed by atoms with Crippen LogP contribution in [0.2, 0.25) is 0 Å². The second kappa shape index (κ2) is 9.97. The van der Waals surface area contributed by atoms with E-state index in [0.717, 1.165) is 6.29 Å². The van der Waals surface area contributed by atoms with E-state index in [1.165, 1.54) is 0 Å². The van der Waals surface area contributed by atoms with E-state index >= 15 is 0 Å². The summed E-state index contributed by atoms with van der Waals surface area (Å²) in [5, 5.41) is 8.02. The predicted octanol–water partition coefficient (Wildman–Crippen LogP) is -0.399. The molecule has 0 fully saturated rings. The van der Waals surface area contributed by atoms with Crippen LogP contribution >= 0.6 is 9.39 Å². The minimum Gasteiger partial charge on any atom is -0.359 e. The fourth-order valence-electron chi connectivity index (χ4n) is 1.50. The number of hydrogen-bond acceptors (Lipinski definition) is 4. The molecule has 0 saturated heterocycles. The first-order valence-corrected chi connectivity index (χ1v) is 6.53. The lowest BCUT2D eigenvalue weighted by atomic mass is 10.0. The monoisotopic (exact) mass is 275 g/mol. The number of hydrogen-bond donors (Lipinski definition) is 3. The number of carbonyl (C=O) groups is 3. The number of carbonyl (C=O) groups excluding carboxylic acids is 3. The molecular weight excluding hydrogens is 253 g/mol. The van der Waals surface area contributed by atoms with Crippen LogP contribution in [0.25, 0.3) is 0 Å². The smallest absolute Gasteiger partial charge is 0.238 e. The molecule has 2 amide bonds. The van der Waals surface area contributed by atoms with Crippen LogP contribution in [0.5, 0.6) is 0 Å². The molecule has 6 nitrogen and oxygen atoms in total. The Morgan fingerprint density at radius 2 is 2.00 bits per heavy atom. The second-order valence-electron chi connectivity index (χ2n) is 4.35. The van der Waals surface area contributed by atoms with E-state index in [9.17, 15) is 14.4 Å². The van der Waals surface area contributed by atoms with Crippen molar-refractivity contribution in [3.8, 4) is 0 Å². The number of nitrogens with one attached hydrogen (secondary N) is 3. The Bertz CT molecular complexity index is 274. The lowest BCUT2D eigenvalue weighted by Gasteiger charge is -2.21. The summed E-state index contributed by atoms with van der Waals surface area (Å²) >= 11 is 0. The molecule has 7 heteroatoms. The first kappa shape index (κ1) is 17.0. The van der Waals surface area contributed by atoms with Gasteiger partial charge in [0.2, 0.25) is 12.3 Å². The molecule has 104 valence electrons. The molecule has 0 aliphatic carbocycles. The van der Waals surface area contributed by atoms with E-state index in [2.05, 4.69) is 25.1 Å². The molecule has 0 aromatic heterocycles. The van der Waals surface area contributed by atoms with Crippen molar-refractivity contribution in [2.24, 2.45) is 5.92 Å². The molecule has 0 spiro atoms. The van der Waals surface area contributed by atoms with Crippen LogP contribution < -0.4 is 15.7 Å². The fourth-order valence-corrected chi connectivity index (χ4v) is 2.04. The average Bonchev–Trinajstić information content (AvgIpc) is 2.33. The van der Waals surface area contributed by atoms with Crippen molar-refractivity contribution >= 4 is 28.0 Å². The highest BCUT2D eigenvalue weighted by molar-refractivity contribution is 7.13. The first-order chi connectivity index (χ1) is 8.56. The molecule has 0 rings (SSSR count). The van der Waals surface area contributed by atoms with Crippen molar-refractivity contribution in [2.45, 2.75) is 38.8 Å². The van der Waals surface area contributed by atoms with Gasteiger partial charge in [-0.3, -0.25) is 14.7 Å². The van der Waals surface area contributed by atoms with Gasteiger partial charge in [-0.25, -0.2) is 0 Å². The minimum absolute atomic E-state index is 0.131. The topological polar surface area (TPSA) is 87.3 Å². The van der Waals surface area contributed by atoms with Crippen LogP contribution in [0, 0.1) is 5.92 Å². The maximum Gasteiger partial charge on any atom is 0.238 e. The number of amides is 2. The largest absolute Gasteiger partial charge is 0.359 e. The SMILES string of the molecule is CC(C)C(NP)C(=O)NC(C=O)CCCNC=O. The Morgan fingerprint density at radius 1 is 1.33 bits per heavy atom. The van der Waals surface area contributed by atoms with Crippen molar-refractivity contribution in [3.63, 3.8) is 0 Å². The molecule has 0 bridgehead atoms. The third kappa shape index (κ3) is 6.67. The summed E-state index contributed by atoms with van der Waals surface area (Å²) in [6.07, 6.45) is 2.49. The van der Waals surface area contributed by atoms with Crippen molar-refractivity contribution < 1.29 is 14.4 Å². The van der Waals surface area contributed by atoms with Gasteiger partial charge >= 0.3 is 0 Å². The van der Waals surface area contributed by atoms with Gasteiger partial charge in [0.15, 0.2) is 0 Å². The lowest BCUT2D eigenvalue weighted by Crippen LogP contribution is -2.48. The normalized spacial score (nSPS) is 13.8. The zero-order chi connectivity index (χ0) is 14.0. The van der Waals surface area contributed by atoms with Gasteiger partial charge in [-0.15, -0.1) is 0 Å². The van der Waals surface area contributed by atoms with Gasteiger partial charge in [-0.2, -0.15) is 0 Å². The van der Waals surface area contributed by atoms with Gasteiger partial charge < -0.3 is 15.4 Å². The molecule has 0 aromatic carbocycles. The molecule has 3 N–H and O–H groups in total. The van der Waals surface area contributed by atoms with Crippen LogP contribution in [0.4, 0.5) is 0 Å². The summed E-state index contributed by atoms with van der Waals surface area (Å²) in [6, 6.07) is -0.851. The Kier molecular flexibility index (Phi) is 9.42. The third-order valence-corrected chi connectivity index (χ3v) is 2.90. The minimum atomic E-state index is -0.509. The Morgan fingerprint density at radius 3 is 2.44 bits per heavy atom. The Labute approximate surface area is 110 Å². The van der Waals surface area contributed by atoms with Crippen molar-refractivity contribution in [3.05, 3.63) is 0 Å². The Hall–Kier alpha value is -1.00. The summed E-state index contributed by atoms with van der Waals surface area (Å²) in [5.74, 6) is -0.0630. The lowest BCUT2D eigenvalue weighted by molar-refractivity contribution is -0.126. The molecule has 0 radical (unpaired) electrons. The molecule has 0 saturated carbocycles. The highest BCUT2D eigenvalue weighted by atomic mass is 31.0. The quantitative estimate of drug-likeness (QED) is 0.288. The molecule has 0 aliphatic heterocycles. The highest BCUT2D eigenvalue weighted by Gasteiger charge is 2.22. The second-order valence-corrected chi connectivity index (χ2v) is 4.69. The maximum atomic E-state index is 11.9. The number of aldehydes is 1. The van der Waals surface area contributed by atoms with Crippen LogP contribution in [0.1, 0.15) is 26.7 Å². The molecule has 3 unspecified atom stereocenters. The summed E-state index contributed by atoms with van der Waals surface area (Å²) in [6.45, 7) is 4.34. The summed E-state index contributed by atoms with van der Waals surface area (Å²) in [4.78, 5) is 32.8. The first-order valence-electron chi connectivity index (χ1n) is 5.95. The predicted molar refractivity (Wildman–Crippen MR) is 72.8 cm³/mol. The zero-order valence-corrected chi connectivity index (χ0v) is 12.0. The summed E-state index contributed by atoms with van der Waals surface area (Å²) in [7, 11) is 2.31. The van der Waals surface area contributed by atoms with Crippen molar-refractivity contribution in [2.75, 3.05) is 6.54 Å². The standard InChI is InChI=1S/C11H22N3O3P/c1-8(2)10(14-18)11(17)13-9(6-15)4-3-5-12-7-16/h6-10,14H,3-5,18H2,1-2H3,(H,12,16)(H,13,17). The fraction of sp³-hybridized carbons (Fsp3) is 0.727. The van der Waals surface area contributed by atoms with Gasteiger partial charge in [-0.05, 0) is 18.8 Å². The highest BCUT2D eigenvalue weighted by Crippen LogP contribution is 2.04.